The molecular formula is C24H26N4O3S. The molecule has 3 amide bonds. The van der Waals surface area contributed by atoms with Crippen LogP contribution in [0.5, 0.6) is 0 Å². The second-order valence-electron chi connectivity index (χ2n) is 8.03. The number of aryl methyl sites for hydroxylation is 1. The topological polar surface area (TPSA) is 93.1 Å². The highest BCUT2D eigenvalue weighted by Crippen LogP contribution is 2.22. The molecule has 0 spiro atoms. The second-order valence-corrected chi connectivity index (χ2v) is 8.98. The molecule has 0 aliphatic heterocycles. The van der Waals surface area contributed by atoms with Crippen LogP contribution in [0.25, 0.3) is 16.6 Å². The lowest BCUT2D eigenvalue weighted by atomic mass is 9.96. The summed E-state index contributed by atoms with van der Waals surface area (Å²) in [6.07, 6.45) is 5.27. The van der Waals surface area contributed by atoms with E-state index in [0.717, 1.165) is 43.0 Å². The molecule has 0 bridgehead atoms. The van der Waals surface area contributed by atoms with Crippen LogP contribution in [0, 0.1) is 6.92 Å². The Labute approximate surface area is 190 Å². The van der Waals surface area contributed by atoms with Gasteiger partial charge < -0.3 is 5.32 Å². The van der Waals surface area contributed by atoms with Crippen LogP contribution in [0.1, 0.15) is 37.7 Å². The number of hydrogen-bond acceptors (Lipinski definition) is 5. The summed E-state index contributed by atoms with van der Waals surface area (Å²) in [5.41, 5.74) is 2.13. The summed E-state index contributed by atoms with van der Waals surface area (Å²) < 4.78 is 1.52. The number of rotatable bonds is 5. The highest BCUT2D eigenvalue weighted by Gasteiger charge is 2.18. The van der Waals surface area contributed by atoms with E-state index in [9.17, 15) is 14.4 Å². The Morgan fingerprint density at radius 1 is 1.06 bits per heavy atom. The zero-order valence-corrected chi connectivity index (χ0v) is 18.8. The average Bonchev–Trinajstić information content (AvgIpc) is 2.79. The van der Waals surface area contributed by atoms with E-state index in [0.29, 0.717) is 21.7 Å². The van der Waals surface area contributed by atoms with E-state index in [-0.39, 0.29) is 17.4 Å². The Bertz CT molecular complexity index is 1180. The Kier molecular flexibility index (Phi) is 6.90. The van der Waals surface area contributed by atoms with Crippen LogP contribution in [0.2, 0.25) is 0 Å². The minimum atomic E-state index is -0.468. The number of nitrogens with one attached hydrogen (secondary N) is 2. The van der Waals surface area contributed by atoms with Crippen molar-refractivity contribution in [3.63, 3.8) is 0 Å². The fourth-order valence-corrected chi connectivity index (χ4v) is 4.70. The molecular weight excluding hydrogens is 424 g/mol. The van der Waals surface area contributed by atoms with Gasteiger partial charge in [-0.05, 0) is 44.0 Å². The van der Waals surface area contributed by atoms with Gasteiger partial charge in [0.15, 0.2) is 5.16 Å². The highest BCUT2D eigenvalue weighted by atomic mass is 32.2. The van der Waals surface area contributed by atoms with Crippen molar-refractivity contribution in [3.8, 4) is 5.69 Å². The van der Waals surface area contributed by atoms with E-state index in [2.05, 4.69) is 15.6 Å². The molecule has 2 aromatic carbocycles. The van der Waals surface area contributed by atoms with Crippen LogP contribution in [0.15, 0.2) is 58.5 Å². The molecule has 0 atom stereocenters. The second kappa shape index (κ2) is 9.99. The first-order valence-corrected chi connectivity index (χ1v) is 11.8. The van der Waals surface area contributed by atoms with Gasteiger partial charge in [0.25, 0.3) is 5.56 Å². The first-order valence-electron chi connectivity index (χ1n) is 10.8. The zero-order chi connectivity index (χ0) is 22.5. The van der Waals surface area contributed by atoms with Crippen LogP contribution in [0.4, 0.5) is 4.79 Å². The van der Waals surface area contributed by atoms with Crippen molar-refractivity contribution in [2.75, 3.05) is 5.75 Å². The Morgan fingerprint density at radius 3 is 2.53 bits per heavy atom. The minimum absolute atomic E-state index is 0.0330. The highest BCUT2D eigenvalue weighted by molar-refractivity contribution is 7.99. The molecule has 1 aromatic heterocycles. The number of hydrogen-bond donors (Lipinski definition) is 2. The molecule has 166 valence electrons. The Morgan fingerprint density at radius 2 is 1.78 bits per heavy atom. The quantitative estimate of drug-likeness (QED) is 0.454. The van der Waals surface area contributed by atoms with Crippen LogP contribution in [0.3, 0.4) is 0 Å². The van der Waals surface area contributed by atoms with Gasteiger partial charge in [-0.15, -0.1) is 0 Å². The molecule has 0 saturated heterocycles. The van der Waals surface area contributed by atoms with E-state index in [1.807, 2.05) is 37.3 Å². The van der Waals surface area contributed by atoms with Gasteiger partial charge in [-0.2, -0.15) is 0 Å². The fourth-order valence-electron chi connectivity index (χ4n) is 3.89. The molecule has 32 heavy (non-hydrogen) atoms. The van der Waals surface area contributed by atoms with E-state index in [1.165, 1.54) is 11.0 Å². The van der Waals surface area contributed by atoms with Crippen molar-refractivity contribution in [3.05, 3.63) is 64.4 Å². The van der Waals surface area contributed by atoms with E-state index in [1.54, 1.807) is 18.2 Å². The molecule has 8 heteroatoms. The summed E-state index contributed by atoms with van der Waals surface area (Å²) in [5.74, 6) is -0.462. The molecule has 7 nitrogen and oxygen atoms in total. The number of fused-ring (bicyclic) bond motifs is 1. The first kappa shape index (κ1) is 22.1. The summed E-state index contributed by atoms with van der Waals surface area (Å²) in [6, 6.07) is 14.4. The summed E-state index contributed by atoms with van der Waals surface area (Å²) >= 11 is 1.13. The molecule has 1 heterocycles. The molecule has 1 saturated carbocycles. The molecule has 1 aliphatic carbocycles. The van der Waals surface area contributed by atoms with Gasteiger partial charge >= 0.3 is 6.03 Å². The third-order valence-corrected chi connectivity index (χ3v) is 6.50. The predicted molar refractivity (Wildman–Crippen MR) is 126 cm³/mol. The summed E-state index contributed by atoms with van der Waals surface area (Å²) in [7, 11) is 0. The number of imide groups is 1. The van der Waals surface area contributed by atoms with Crippen molar-refractivity contribution in [1.82, 2.24) is 20.2 Å². The number of thioether (sulfide) groups is 1. The van der Waals surface area contributed by atoms with Crippen molar-refractivity contribution in [2.45, 2.75) is 50.2 Å². The van der Waals surface area contributed by atoms with Gasteiger partial charge in [0.1, 0.15) is 0 Å². The lowest BCUT2D eigenvalue weighted by molar-refractivity contribution is -0.117. The van der Waals surface area contributed by atoms with E-state index < -0.39 is 11.9 Å². The summed E-state index contributed by atoms with van der Waals surface area (Å²) in [6.45, 7) is 1.98. The average molecular weight is 451 g/mol. The largest absolute Gasteiger partial charge is 0.335 e. The van der Waals surface area contributed by atoms with Crippen LogP contribution < -0.4 is 16.2 Å². The maximum absolute atomic E-state index is 13.2. The lowest BCUT2D eigenvalue weighted by Crippen LogP contribution is -2.45. The van der Waals surface area contributed by atoms with Gasteiger partial charge in [0.2, 0.25) is 5.91 Å². The predicted octanol–water partition coefficient (Wildman–Crippen LogP) is 3.94. The Balaban J connectivity index is 1.52. The van der Waals surface area contributed by atoms with Gasteiger partial charge in [-0.25, -0.2) is 9.78 Å². The molecule has 2 N–H and O–H groups in total. The van der Waals surface area contributed by atoms with Crippen molar-refractivity contribution in [1.29, 1.82) is 0 Å². The smallest absolute Gasteiger partial charge is 0.321 e. The van der Waals surface area contributed by atoms with E-state index in [4.69, 9.17) is 0 Å². The molecule has 0 unspecified atom stereocenters. The number of carbonyl (C=O) groups excluding carboxylic acids is 2. The van der Waals surface area contributed by atoms with Crippen molar-refractivity contribution >= 4 is 34.6 Å². The lowest BCUT2D eigenvalue weighted by Gasteiger charge is -2.22. The van der Waals surface area contributed by atoms with E-state index >= 15 is 0 Å². The van der Waals surface area contributed by atoms with Crippen molar-refractivity contribution < 1.29 is 9.59 Å². The zero-order valence-electron chi connectivity index (χ0n) is 18.0. The number of para-hydroxylation sites is 1. The van der Waals surface area contributed by atoms with Gasteiger partial charge in [-0.1, -0.05) is 60.9 Å². The molecule has 1 fully saturated rings. The fraction of sp³-hybridized carbons (Fsp3) is 0.333. The van der Waals surface area contributed by atoms with Crippen LogP contribution in [-0.4, -0.2) is 33.3 Å². The number of nitrogens with zero attached hydrogens (tertiary/aromatic N) is 2. The number of benzene rings is 2. The molecule has 3 aromatic rings. The maximum Gasteiger partial charge on any atom is 0.321 e. The molecule has 1 aliphatic rings. The van der Waals surface area contributed by atoms with Crippen LogP contribution in [-0.2, 0) is 4.79 Å². The van der Waals surface area contributed by atoms with Gasteiger partial charge in [0.05, 0.1) is 22.3 Å². The van der Waals surface area contributed by atoms with Crippen LogP contribution >= 0.6 is 11.8 Å². The van der Waals surface area contributed by atoms with Gasteiger partial charge in [-0.3, -0.25) is 19.5 Å². The van der Waals surface area contributed by atoms with Gasteiger partial charge in [0, 0.05) is 6.04 Å². The molecule has 0 radical (unpaired) electrons. The minimum Gasteiger partial charge on any atom is -0.335 e. The SMILES string of the molecule is Cc1ccc(-n2c(SCC(=O)NC(=O)NC3CCCCC3)nc3ccccc3c2=O)cc1. The van der Waals surface area contributed by atoms with Crippen molar-refractivity contribution in [2.24, 2.45) is 0 Å². The summed E-state index contributed by atoms with van der Waals surface area (Å²) in [4.78, 5) is 42.4. The third kappa shape index (κ3) is 5.19. The number of urea groups is 1. The number of carbonyl (C=O) groups is 2. The Hall–Kier alpha value is -3.13. The standard InChI is InChI=1S/C24H26N4O3S/c1-16-11-13-18(14-12-16)28-22(30)19-9-5-6-10-20(19)26-24(28)32-15-21(29)27-23(31)25-17-7-3-2-4-8-17/h5-6,9-14,17H,2-4,7-8,15H2,1H3,(H2,25,27,29,31). The molecule has 4 rings (SSSR count). The summed E-state index contributed by atoms with van der Waals surface area (Å²) in [5, 5.41) is 6.17. The normalized spacial score (nSPS) is 14.3. The monoisotopic (exact) mass is 450 g/mol. The third-order valence-electron chi connectivity index (χ3n) is 5.56. The maximum atomic E-state index is 13.2. The first-order chi connectivity index (χ1) is 15.5. The number of amides is 3. The number of aromatic nitrogens is 2.